The third kappa shape index (κ3) is 5.66. The van der Waals surface area contributed by atoms with E-state index in [-0.39, 0.29) is 29.5 Å². The standard InChI is InChI=1S/C23H26N6O4S/c1-14(2)21(16-6-9-18-19(12-16)33-11-10-32-18)25-22(31)15-4-7-17(8-5-15)24-20(30)13-34-23-26-27-28-29(23)3/h4-9,12,14,21H,10-11,13H2,1-3H3,(H,24,30)(H,25,31)/t21-/m0/s1. The SMILES string of the molecule is CC(C)[C@H](NC(=O)c1ccc(NC(=O)CSc2nnnn2C)cc1)c1ccc2c(c1)OCCO2. The smallest absolute Gasteiger partial charge is 0.251 e. The molecule has 10 nitrogen and oxygen atoms in total. The van der Waals surface area contributed by atoms with Gasteiger partial charge in [-0.25, -0.2) is 4.68 Å². The van der Waals surface area contributed by atoms with E-state index in [1.165, 1.54) is 16.4 Å². The van der Waals surface area contributed by atoms with Crippen LogP contribution in [0.2, 0.25) is 0 Å². The number of benzene rings is 2. The van der Waals surface area contributed by atoms with E-state index in [0.717, 1.165) is 5.56 Å². The van der Waals surface area contributed by atoms with Crippen molar-refractivity contribution < 1.29 is 19.1 Å². The molecule has 2 heterocycles. The molecule has 1 atom stereocenters. The highest BCUT2D eigenvalue weighted by Gasteiger charge is 2.22. The summed E-state index contributed by atoms with van der Waals surface area (Å²) in [6, 6.07) is 12.3. The summed E-state index contributed by atoms with van der Waals surface area (Å²) in [5.74, 6) is 1.35. The largest absolute Gasteiger partial charge is 0.486 e. The monoisotopic (exact) mass is 482 g/mol. The molecule has 0 saturated heterocycles. The fraction of sp³-hybridized carbons (Fsp3) is 0.348. The Morgan fingerprint density at radius 1 is 1.09 bits per heavy atom. The van der Waals surface area contributed by atoms with E-state index in [0.29, 0.717) is 41.1 Å². The van der Waals surface area contributed by atoms with E-state index in [9.17, 15) is 9.59 Å². The molecule has 3 aromatic rings. The number of ether oxygens (including phenoxy) is 2. The number of tetrazole rings is 1. The number of anilines is 1. The van der Waals surface area contributed by atoms with Gasteiger partial charge in [0.15, 0.2) is 11.5 Å². The van der Waals surface area contributed by atoms with Crippen LogP contribution in [0, 0.1) is 5.92 Å². The van der Waals surface area contributed by atoms with Crippen molar-refractivity contribution in [3.05, 3.63) is 53.6 Å². The fourth-order valence-electron chi connectivity index (χ4n) is 3.49. The average molecular weight is 483 g/mol. The number of amides is 2. The van der Waals surface area contributed by atoms with Crippen molar-refractivity contribution in [3.8, 4) is 11.5 Å². The Balaban J connectivity index is 1.36. The van der Waals surface area contributed by atoms with Crippen molar-refractivity contribution in [2.24, 2.45) is 13.0 Å². The molecule has 0 spiro atoms. The summed E-state index contributed by atoms with van der Waals surface area (Å²) in [6.07, 6.45) is 0. The third-order valence-electron chi connectivity index (χ3n) is 5.22. The number of aryl methyl sites for hydroxylation is 1. The number of hydrogen-bond donors (Lipinski definition) is 2. The Kier molecular flexibility index (Phi) is 7.31. The average Bonchev–Trinajstić information content (AvgIpc) is 3.25. The van der Waals surface area contributed by atoms with Gasteiger partial charge in [0.05, 0.1) is 11.8 Å². The lowest BCUT2D eigenvalue weighted by Gasteiger charge is -2.25. The minimum atomic E-state index is -0.199. The molecule has 0 radical (unpaired) electrons. The first-order valence-electron chi connectivity index (χ1n) is 10.9. The van der Waals surface area contributed by atoms with Crippen molar-refractivity contribution >= 4 is 29.3 Å². The van der Waals surface area contributed by atoms with Crippen molar-refractivity contribution in [2.75, 3.05) is 24.3 Å². The number of fused-ring (bicyclic) bond motifs is 1. The van der Waals surface area contributed by atoms with Crippen molar-refractivity contribution in [2.45, 2.75) is 25.0 Å². The first-order valence-corrected chi connectivity index (χ1v) is 11.8. The third-order valence-corrected chi connectivity index (χ3v) is 6.23. The molecule has 1 aromatic heterocycles. The molecule has 1 aliphatic rings. The number of nitrogens with zero attached hydrogens (tertiary/aromatic N) is 4. The molecule has 2 aromatic carbocycles. The molecule has 2 amide bonds. The maximum atomic E-state index is 12.9. The molecule has 178 valence electrons. The molecule has 2 N–H and O–H groups in total. The predicted octanol–water partition coefficient (Wildman–Crippen LogP) is 2.84. The summed E-state index contributed by atoms with van der Waals surface area (Å²) in [5.41, 5.74) is 2.05. The van der Waals surface area contributed by atoms with Crippen LogP contribution in [0.5, 0.6) is 11.5 Å². The van der Waals surface area contributed by atoms with E-state index in [1.807, 2.05) is 18.2 Å². The Hall–Kier alpha value is -3.60. The number of hydrogen-bond acceptors (Lipinski definition) is 8. The maximum Gasteiger partial charge on any atom is 0.251 e. The van der Waals surface area contributed by atoms with Crippen LogP contribution in [-0.2, 0) is 11.8 Å². The lowest BCUT2D eigenvalue weighted by Crippen LogP contribution is -2.32. The molecular weight excluding hydrogens is 456 g/mol. The van der Waals surface area contributed by atoms with Crippen LogP contribution in [0.3, 0.4) is 0 Å². The van der Waals surface area contributed by atoms with Crippen LogP contribution in [-0.4, -0.2) is 51.0 Å². The molecule has 0 unspecified atom stereocenters. The summed E-state index contributed by atoms with van der Waals surface area (Å²) in [5, 5.41) is 17.6. The number of thioether (sulfide) groups is 1. The van der Waals surface area contributed by atoms with Gasteiger partial charge in [-0.15, -0.1) is 5.10 Å². The maximum absolute atomic E-state index is 12.9. The molecule has 4 rings (SSSR count). The van der Waals surface area contributed by atoms with Gasteiger partial charge in [0.25, 0.3) is 5.91 Å². The van der Waals surface area contributed by atoms with Crippen molar-refractivity contribution in [3.63, 3.8) is 0 Å². The summed E-state index contributed by atoms with van der Waals surface area (Å²) in [6.45, 7) is 5.14. The molecule has 0 fully saturated rings. The first-order chi connectivity index (χ1) is 16.4. The Morgan fingerprint density at radius 2 is 1.82 bits per heavy atom. The number of nitrogens with one attached hydrogen (secondary N) is 2. The highest BCUT2D eigenvalue weighted by atomic mass is 32.2. The van der Waals surface area contributed by atoms with E-state index in [2.05, 4.69) is 40.0 Å². The molecule has 0 bridgehead atoms. The topological polar surface area (TPSA) is 120 Å². The second kappa shape index (κ2) is 10.6. The first kappa shape index (κ1) is 23.6. The van der Waals surface area contributed by atoms with Gasteiger partial charge in [-0.05, 0) is 58.3 Å². The van der Waals surface area contributed by atoms with Crippen LogP contribution < -0.4 is 20.1 Å². The highest BCUT2D eigenvalue weighted by molar-refractivity contribution is 7.99. The van der Waals surface area contributed by atoms with Gasteiger partial charge in [0, 0.05) is 18.3 Å². The van der Waals surface area contributed by atoms with Gasteiger partial charge in [-0.2, -0.15) is 0 Å². The zero-order valence-electron chi connectivity index (χ0n) is 19.1. The van der Waals surface area contributed by atoms with Gasteiger partial charge >= 0.3 is 0 Å². The lowest BCUT2D eigenvalue weighted by atomic mass is 9.95. The summed E-state index contributed by atoms with van der Waals surface area (Å²) >= 11 is 1.24. The van der Waals surface area contributed by atoms with E-state index in [4.69, 9.17) is 9.47 Å². The summed E-state index contributed by atoms with van der Waals surface area (Å²) in [4.78, 5) is 25.2. The van der Waals surface area contributed by atoms with Gasteiger partial charge < -0.3 is 20.1 Å². The zero-order valence-corrected chi connectivity index (χ0v) is 20.0. The van der Waals surface area contributed by atoms with E-state index in [1.54, 1.807) is 31.3 Å². The number of carbonyl (C=O) groups excluding carboxylic acids is 2. The predicted molar refractivity (Wildman–Crippen MR) is 127 cm³/mol. The molecule has 34 heavy (non-hydrogen) atoms. The minimum Gasteiger partial charge on any atom is -0.486 e. The molecule has 1 aliphatic heterocycles. The Morgan fingerprint density at radius 3 is 2.50 bits per heavy atom. The quantitative estimate of drug-likeness (QED) is 0.470. The van der Waals surface area contributed by atoms with Gasteiger partial charge in [0.1, 0.15) is 13.2 Å². The Bertz CT molecular complexity index is 1160. The van der Waals surface area contributed by atoms with Crippen molar-refractivity contribution in [1.82, 2.24) is 25.5 Å². The van der Waals surface area contributed by atoms with E-state index >= 15 is 0 Å². The van der Waals surface area contributed by atoms with Gasteiger partial charge in [-0.3, -0.25) is 9.59 Å². The van der Waals surface area contributed by atoms with E-state index < -0.39 is 0 Å². The van der Waals surface area contributed by atoms with Crippen LogP contribution >= 0.6 is 11.8 Å². The normalized spacial score (nSPS) is 13.4. The Labute approximate surface area is 201 Å². The van der Waals surface area contributed by atoms with Crippen LogP contribution in [0.1, 0.15) is 35.8 Å². The van der Waals surface area contributed by atoms with Gasteiger partial charge in [0.2, 0.25) is 11.1 Å². The number of aromatic nitrogens is 4. The van der Waals surface area contributed by atoms with Crippen molar-refractivity contribution in [1.29, 1.82) is 0 Å². The second-order valence-corrected chi connectivity index (χ2v) is 9.04. The van der Waals surface area contributed by atoms with Crippen LogP contribution in [0.15, 0.2) is 47.6 Å². The molecule has 11 heteroatoms. The van der Waals surface area contributed by atoms with Gasteiger partial charge in [-0.1, -0.05) is 31.7 Å². The second-order valence-electron chi connectivity index (χ2n) is 8.10. The minimum absolute atomic E-state index is 0.159. The summed E-state index contributed by atoms with van der Waals surface area (Å²) < 4.78 is 12.8. The highest BCUT2D eigenvalue weighted by Crippen LogP contribution is 2.34. The number of carbonyl (C=O) groups is 2. The zero-order chi connectivity index (χ0) is 24.1. The molecular formula is C23H26N6O4S. The fourth-order valence-corrected chi connectivity index (χ4v) is 4.14. The van der Waals surface area contributed by atoms with Crippen LogP contribution in [0.4, 0.5) is 5.69 Å². The molecule has 0 saturated carbocycles. The summed E-state index contributed by atoms with van der Waals surface area (Å²) in [7, 11) is 1.71. The number of rotatable bonds is 8. The molecule has 0 aliphatic carbocycles. The van der Waals surface area contributed by atoms with Crippen LogP contribution in [0.25, 0.3) is 0 Å². The lowest BCUT2D eigenvalue weighted by molar-refractivity contribution is -0.113.